The molecule has 0 unspecified atom stereocenters. The molecule has 2 aromatic rings. The van der Waals surface area contributed by atoms with Gasteiger partial charge in [-0.05, 0) is 37.6 Å². The first-order chi connectivity index (χ1) is 9.51. The number of rotatable bonds is 4. The van der Waals surface area contributed by atoms with Gasteiger partial charge in [-0.2, -0.15) is 5.10 Å². The fraction of sp³-hybridized carbons (Fsp3) is 0.267. The van der Waals surface area contributed by atoms with Crippen molar-refractivity contribution in [3.8, 4) is 5.75 Å². The maximum absolute atomic E-state index is 12.3. The summed E-state index contributed by atoms with van der Waals surface area (Å²) in [5.74, 6) is 0.303. The van der Waals surface area contributed by atoms with Crippen LogP contribution in [0.15, 0.2) is 35.1 Å². The predicted octanol–water partition coefficient (Wildman–Crippen LogP) is 1.75. The van der Waals surface area contributed by atoms with Gasteiger partial charge in [-0.25, -0.2) is 4.68 Å². The average Bonchev–Trinajstić information content (AvgIpc) is 2.42. The summed E-state index contributed by atoms with van der Waals surface area (Å²) >= 11 is 0. The number of methoxy groups -OCH3 is 1. The molecule has 0 atom stereocenters. The fourth-order valence-electron chi connectivity index (χ4n) is 1.91. The van der Waals surface area contributed by atoms with Crippen LogP contribution in [0.2, 0.25) is 0 Å². The van der Waals surface area contributed by atoms with Gasteiger partial charge in [0.1, 0.15) is 12.3 Å². The molecular weight excluding hydrogens is 256 g/mol. The zero-order valence-electron chi connectivity index (χ0n) is 11.7. The number of ketones is 1. The minimum Gasteiger partial charge on any atom is -0.496 e. The third kappa shape index (κ3) is 2.93. The van der Waals surface area contributed by atoms with Gasteiger partial charge in [-0.15, -0.1) is 0 Å². The van der Waals surface area contributed by atoms with Gasteiger partial charge >= 0.3 is 0 Å². The lowest BCUT2D eigenvalue weighted by Gasteiger charge is -2.09. The van der Waals surface area contributed by atoms with E-state index in [0.29, 0.717) is 17.0 Å². The van der Waals surface area contributed by atoms with Gasteiger partial charge in [-0.1, -0.05) is 6.07 Å². The summed E-state index contributed by atoms with van der Waals surface area (Å²) < 4.78 is 6.37. The number of aryl methyl sites for hydroxylation is 2. The summed E-state index contributed by atoms with van der Waals surface area (Å²) in [7, 11) is 1.52. The van der Waals surface area contributed by atoms with Gasteiger partial charge < -0.3 is 4.74 Å². The van der Waals surface area contributed by atoms with Crippen molar-refractivity contribution < 1.29 is 9.53 Å². The molecule has 5 heteroatoms. The Hall–Kier alpha value is -2.43. The molecule has 0 radical (unpaired) electrons. The van der Waals surface area contributed by atoms with E-state index in [1.165, 1.54) is 13.2 Å². The zero-order chi connectivity index (χ0) is 14.7. The summed E-state index contributed by atoms with van der Waals surface area (Å²) in [5.41, 5.74) is 1.85. The van der Waals surface area contributed by atoms with Crippen LogP contribution in [0.3, 0.4) is 0 Å². The van der Waals surface area contributed by atoms with Crippen LogP contribution >= 0.6 is 0 Å². The molecule has 0 saturated heterocycles. The molecule has 1 heterocycles. The van der Waals surface area contributed by atoms with E-state index >= 15 is 0 Å². The minimum absolute atomic E-state index is 0.0973. The lowest BCUT2D eigenvalue weighted by molar-refractivity contribution is 0.0962. The van der Waals surface area contributed by atoms with E-state index in [2.05, 4.69) is 5.10 Å². The lowest BCUT2D eigenvalue weighted by atomic mass is 10.1. The van der Waals surface area contributed by atoms with E-state index in [9.17, 15) is 9.59 Å². The van der Waals surface area contributed by atoms with Gasteiger partial charge in [0.25, 0.3) is 5.56 Å². The highest BCUT2D eigenvalue weighted by molar-refractivity contribution is 5.98. The van der Waals surface area contributed by atoms with E-state index in [4.69, 9.17) is 4.74 Å². The molecule has 0 N–H and O–H groups in total. The highest BCUT2D eigenvalue weighted by Crippen LogP contribution is 2.20. The van der Waals surface area contributed by atoms with E-state index < -0.39 is 0 Å². The second-order valence-corrected chi connectivity index (χ2v) is 4.60. The van der Waals surface area contributed by atoms with Crippen molar-refractivity contribution in [3.63, 3.8) is 0 Å². The minimum atomic E-state index is -0.296. The number of carbonyl (C=O) groups is 1. The van der Waals surface area contributed by atoms with Gasteiger partial charge in [0, 0.05) is 6.07 Å². The lowest BCUT2D eigenvalue weighted by Crippen LogP contribution is -2.26. The highest BCUT2D eigenvalue weighted by atomic mass is 16.5. The molecular formula is C15H16N2O3. The summed E-state index contributed by atoms with van der Waals surface area (Å²) in [6.45, 7) is 3.59. The molecule has 0 aliphatic carbocycles. The monoisotopic (exact) mass is 272 g/mol. The summed E-state index contributed by atoms with van der Waals surface area (Å²) in [5, 5.41) is 4.05. The van der Waals surface area contributed by atoms with Gasteiger partial charge in [0.05, 0.1) is 18.4 Å². The number of ether oxygens (including phenoxy) is 1. The van der Waals surface area contributed by atoms with Crippen molar-refractivity contribution in [3.05, 3.63) is 57.5 Å². The van der Waals surface area contributed by atoms with Crippen LogP contribution < -0.4 is 10.3 Å². The Bertz CT molecular complexity index is 705. The van der Waals surface area contributed by atoms with Crippen LogP contribution in [-0.4, -0.2) is 22.7 Å². The quantitative estimate of drug-likeness (QED) is 0.796. The molecule has 0 bridgehead atoms. The van der Waals surface area contributed by atoms with Crippen molar-refractivity contribution in [2.45, 2.75) is 20.4 Å². The van der Waals surface area contributed by atoms with E-state index in [-0.39, 0.29) is 17.9 Å². The molecule has 0 aliphatic rings. The number of Topliss-reactive ketones (excluding diaryl/α,β-unsaturated/α-hetero) is 1. The standard InChI is InChI=1S/C15H16N2O3/c1-10-4-6-12(14(8-10)20-3)13(18)9-17-15(19)7-5-11(2)16-17/h4-8H,9H2,1-3H3. The smallest absolute Gasteiger partial charge is 0.267 e. The second kappa shape index (κ2) is 5.69. The number of carbonyl (C=O) groups excluding carboxylic acids is 1. The van der Waals surface area contributed by atoms with Crippen molar-refractivity contribution in [1.29, 1.82) is 0 Å². The third-order valence-corrected chi connectivity index (χ3v) is 2.95. The Balaban J connectivity index is 2.33. The first-order valence-electron chi connectivity index (χ1n) is 6.24. The fourth-order valence-corrected chi connectivity index (χ4v) is 1.91. The van der Waals surface area contributed by atoms with E-state index in [0.717, 1.165) is 10.2 Å². The predicted molar refractivity (Wildman–Crippen MR) is 75.3 cm³/mol. The molecule has 1 aromatic carbocycles. The highest BCUT2D eigenvalue weighted by Gasteiger charge is 2.14. The van der Waals surface area contributed by atoms with Crippen LogP contribution in [0.5, 0.6) is 5.75 Å². The maximum atomic E-state index is 12.3. The number of nitrogens with zero attached hydrogens (tertiary/aromatic N) is 2. The Morgan fingerprint density at radius 3 is 2.70 bits per heavy atom. The van der Waals surface area contributed by atoms with Crippen molar-refractivity contribution in [1.82, 2.24) is 9.78 Å². The number of aromatic nitrogens is 2. The molecule has 2 rings (SSSR count). The van der Waals surface area contributed by atoms with Crippen LogP contribution in [-0.2, 0) is 6.54 Å². The first kappa shape index (κ1) is 14.0. The van der Waals surface area contributed by atoms with E-state index in [1.807, 2.05) is 13.0 Å². The first-order valence-corrected chi connectivity index (χ1v) is 6.24. The number of hydrogen-bond acceptors (Lipinski definition) is 4. The number of benzene rings is 1. The largest absolute Gasteiger partial charge is 0.496 e. The summed E-state index contributed by atoms with van der Waals surface area (Å²) in [6.07, 6.45) is 0. The second-order valence-electron chi connectivity index (χ2n) is 4.60. The van der Waals surface area contributed by atoms with Crippen LogP contribution in [0.1, 0.15) is 21.6 Å². The Labute approximate surface area is 116 Å². The average molecular weight is 272 g/mol. The Morgan fingerprint density at radius 1 is 1.25 bits per heavy atom. The molecule has 104 valence electrons. The molecule has 0 spiro atoms. The topological polar surface area (TPSA) is 61.2 Å². The maximum Gasteiger partial charge on any atom is 0.267 e. The zero-order valence-corrected chi connectivity index (χ0v) is 11.7. The van der Waals surface area contributed by atoms with Crippen LogP contribution in [0, 0.1) is 13.8 Å². The molecule has 1 aromatic heterocycles. The molecule has 0 saturated carbocycles. The van der Waals surface area contributed by atoms with Gasteiger partial charge in [0.15, 0.2) is 5.78 Å². The SMILES string of the molecule is COc1cc(C)ccc1C(=O)Cn1nc(C)ccc1=O. The summed E-state index contributed by atoms with van der Waals surface area (Å²) in [6, 6.07) is 8.36. The normalized spacial score (nSPS) is 10.3. The molecule has 0 fully saturated rings. The molecule has 20 heavy (non-hydrogen) atoms. The van der Waals surface area contributed by atoms with Crippen molar-refractivity contribution in [2.75, 3.05) is 7.11 Å². The molecule has 0 amide bonds. The summed E-state index contributed by atoms with van der Waals surface area (Å²) in [4.78, 5) is 24.0. The third-order valence-electron chi connectivity index (χ3n) is 2.95. The Morgan fingerprint density at radius 2 is 2.00 bits per heavy atom. The van der Waals surface area contributed by atoms with Crippen molar-refractivity contribution in [2.24, 2.45) is 0 Å². The van der Waals surface area contributed by atoms with Crippen LogP contribution in [0.25, 0.3) is 0 Å². The molecule has 5 nitrogen and oxygen atoms in total. The Kier molecular flexibility index (Phi) is 3.98. The molecule has 0 aliphatic heterocycles. The van der Waals surface area contributed by atoms with Gasteiger partial charge in [0.2, 0.25) is 0 Å². The van der Waals surface area contributed by atoms with Crippen LogP contribution in [0.4, 0.5) is 0 Å². The van der Waals surface area contributed by atoms with Crippen molar-refractivity contribution >= 4 is 5.78 Å². The van der Waals surface area contributed by atoms with Gasteiger partial charge in [-0.3, -0.25) is 9.59 Å². The number of hydrogen-bond donors (Lipinski definition) is 0. The van der Waals surface area contributed by atoms with E-state index in [1.54, 1.807) is 25.1 Å².